The molecule has 21 heavy (non-hydrogen) atoms. The molecule has 4 N–H and O–H groups in total. The van der Waals surface area contributed by atoms with Crippen molar-refractivity contribution in [2.75, 3.05) is 16.8 Å². The van der Waals surface area contributed by atoms with Gasteiger partial charge in [-0.3, -0.25) is 9.59 Å². The predicted molar refractivity (Wildman–Crippen MR) is 84.7 cm³/mol. The molecule has 0 spiro atoms. The monoisotopic (exact) mass is 304 g/mol. The molecule has 2 aromatic rings. The number of thioether (sulfide) groups is 1. The zero-order valence-electron chi connectivity index (χ0n) is 11.6. The van der Waals surface area contributed by atoms with Gasteiger partial charge >= 0.3 is 0 Å². The van der Waals surface area contributed by atoms with E-state index in [2.05, 4.69) is 22.4 Å². The number of nitrogens with zero attached hydrogens (tertiary/aromatic N) is 1. The molecule has 0 unspecified atom stereocenters. The summed E-state index contributed by atoms with van der Waals surface area (Å²) in [7, 11) is 0. The van der Waals surface area contributed by atoms with Crippen molar-refractivity contribution in [1.82, 2.24) is 10.2 Å². The van der Waals surface area contributed by atoms with Crippen LogP contribution >= 0.6 is 11.8 Å². The molecule has 2 rings (SSSR count). The number of aromatic amines is 1. The smallest absolute Gasteiger partial charge is 0.276 e. The lowest BCUT2D eigenvalue weighted by Gasteiger charge is -2.09. The van der Waals surface area contributed by atoms with E-state index in [1.165, 1.54) is 12.1 Å². The van der Waals surface area contributed by atoms with Crippen molar-refractivity contribution in [3.05, 3.63) is 46.4 Å². The number of nitrogen functional groups attached to an aromatic ring is 1. The fourth-order valence-corrected chi connectivity index (χ4v) is 2.42. The molecule has 1 aromatic carbocycles. The van der Waals surface area contributed by atoms with E-state index in [0.717, 1.165) is 17.1 Å². The highest BCUT2D eigenvalue weighted by molar-refractivity contribution is 7.99. The van der Waals surface area contributed by atoms with Crippen molar-refractivity contribution in [2.24, 2.45) is 0 Å². The summed E-state index contributed by atoms with van der Waals surface area (Å²) in [5, 5.41) is 8.60. The number of anilines is 2. The summed E-state index contributed by atoms with van der Waals surface area (Å²) in [4.78, 5) is 24.0. The molecule has 1 heterocycles. The number of carbonyl (C=O) groups is 1. The highest BCUT2D eigenvalue weighted by Gasteiger charge is 2.10. The van der Waals surface area contributed by atoms with Crippen LogP contribution in [0.4, 0.5) is 11.4 Å². The Hall–Kier alpha value is -2.28. The molecule has 0 aliphatic rings. The zero-order valence-corrected chi connectivity index (χ0v) is 12.4. The van der Waals surface area contributed by atoms with Crippen LogP contribution in [-0.2, 0) is 0 Å². The van der Waals surface area contributed by atoms with Crippen molar-refractivity contribution in [3.8, 4) is 0 Å². The van der Waals surface area contributed by atoms with E-state index in [0.29, 0.717) is 11.4 Å². The van der Waals surface area contributed by atoms with Crippen LogP contribution in [0.3, 0.4) is 0 Å². The highest BCUT2D eigenvalue weighted by atomic mass is 32.2. The van der Waals surface area contributed by atoms with Crippen molar-refractivity contribution in [1.29, 1.82) is 0 Å². The molecule has 0 radical (unpaired) electrons. The fourth-order valence-electron chi connectivity index (χ4n) is 1.61. The van der Waals surface area contributed by atoms with Crippen molar-refractivity contribution in [3.63, 3.8) is 0 Å². The van der Waals surface area contributed by atoms with Crippen molar-refractivity contribution < 1.29 is 4.79 Å². The van der Waals surface area contributed by atoms with E-state index < -0.39 is 5.91 Å². The quantitative estimate of drug-likeness (QED) is 0.580. The van der Waals surface area contributed by atoms with Gasteiger partial charge in [0.25, 0.3) is 11.5 Å². The minimum atomic E-state index is -0.421. The van der Waals surface area contributed by atoms with E-state index in [9.17, 15) is 9.59 Å². The Morgan fingerprint density at radius 2 is 2.19 bits per heavy atom. The fraction of sp³-hybridized carbons (Fsp3) is 0.214. The third-order valence-electron chi connectivity index (χ3n) is 2.66. The number of amides is 1. The van der Waals surface area contributed by atoms with E-state index >= 15 is 0 Å². The van der Waals surface area contributed by atoms with Gasteiger partial charge in [0.15, 0.2) is 0 Å². The molecule has 0 saturated carbocycles. The summed E-state index contributed by atoms with van der Waals surface area (Å²) < 4.78 is 0. The lowest BCUT2D eigenvalue weighted by molar-refractivity contribution is 0.102. The second-order valence-corrected chi connectivity index (χ2v) is 5.53. The van der Waals surface area contributed by atoms with Gasteiger partial charge in [0.05, 0.1) is 11.4 Å². The number of nitrogens with two attached hydrogens (primary N) is 1. The molecule has 0 aliphatic heterocycles. The summed E-state index contributed by atoms with van der Waals surface area (Å²) in [6.07, 6.45) is 1.07. The number of nitrogens with one attached hydrogen (secondary N) is 2. The van der Waals surface area contributed by atoms with Crippen LogP contribution in [0.15, 0.2) is 40.0 Å². The number of carbonyl (C=O) groups excluding carboxylic acids is 1. The topological polar surface area (TPSA) is 101 Å². The lowest BCUT2D eigenvalue weighted by Crippen LogP contribution is -2.18. The van der Waals surface area contributed by atoms with Crippen molar-refractivity contribution >= 4 is 29.0 Å². The maximum Gasteiger partial charge on any atom is 0.276 e. The molecule has 0 fully saturated rings. The van der Waals surface area contributed by atoms with E-state index in [1.807, 2.05) is 12.1 Å². The number of rotatable bonds is 5. The first-order valence-electron chi connectivity index (χ1n) is 6.49. The molecule has 1 amide bonds. The Balaban J connectivity index is 2.16. The van der Waals surface area contributed by atoms with Crippen LogP contribution < -0.4 is 16.6 Å². The van der Waals surface area contributed by atoms with E-state index in [1.54, 1.807) is 17.8 Å². The van der Waals surface area contributed by atoms with Gasteiger partial charge in [-0.1, -0.05) is 6.92 Å². The van der Waals surface area contributed by atoms with Gasteiger partial charge < -0.3 is 11.1 Å². The molecule has 110 valence electrons. The van der Waals surface area contributed by atoms with Gasteiger partial charge in [-0.25, -0.2) is 5.10 Å². The van der Waals surface area contributed by atoms with Crippen LogP contribution in [0.2, 0.25) is 0 Å². The predicted octanol–water partition coefficient (Wildman–Crippen LogP) is 2.11. The molecule has 7 heteroatoms. The minimum Gasteiger partial charge on any atom is -0.397 e. The number of aromatic nitrogens is 2. The lowest BCUT2D eigenvalue weighted by atomic mass is 10.2. The third-order valence-corrected chi connectivity index (χ3v) is 3.86. The van der Waals surface area contributed by atoms with E-state index in [-0.39, 0.29) is 11.3 Å². The molecule has 0 aliphatic carbocycles. The normalized spacial score (nSPS) is 10.3. The summed E-state index contributed by atoms with van der Waals surface area (Å²) in [5.74, 6) is 0.578. The first-order chi connectivity index (χ1) is 10.1. The van der Waals surface area contributed by atoms with Gasteiger partial charge in [-0.05, 0) is 36.4 Å². The first kappa shape index (κ1) is 15.1. The van der Waals surface area contributed by atoms with Gasteiger partial charge in [0.2, 0.25) is 0 Å². The number of H-pyrrole nitrogens is 1. The summed E-state index contributed by atoms with van der Waals surface area (Å²) in [5.41, 5.74) is 6.65. The average Bonchev–Trinajstić information content (AvgIpc) is 2.48. The van der Waals surface area contributed by atoms with E-state index in [4.69, 9.17) is 5.73 Å². The highest BCUT2D eigenvalue weighted by Crippen LogP contribution is 2.27. The standard InChI is InChI=1S/C14H16N4O2S/c1-2-7-21-9-3-4-10(15)12(8-9)16-14(20)11-5-6-13(19)18-17-11/h3-6,8H,2,7,15H2,1H3,(H,16,20)(H,18,19). The average molecular weight is 304 g/mol. The second kappa shape index (κ2) is 6.94. The number of benzene rings is 1. The van der Waals surface area contributed by atoms with Crippen LogP contribution in [-0.4, -0.2) is 21.9 Å². The Bertz CT molecular complexity index is 679. The Morgan fingerprint density at radius 1 is 1.38 bits per heavy atom. The molecular weight excluding hydrogens is 288 g/mol. The van der Waals surface area contributed by atoms with Gasteiger partial charge in [0.1, 0.15) is 5.69 Å². The molecule has 0 bridgehead atoms. The van der Waals surface area contributed by atoms with Crippen LogP contribution in [0.1, 0.15) is 23.8 Å². The number of hydrogen-bond acceptors (Lipinski definition) is 5. The molecule has 6 nitrogen and oxygen atoms in total. The van der Waals surface area contributed by atoms with Gasteiger partial charge in [-0.15, -0.1) is 11.8 Å². The van der Waals surface area contributed by atoms with Crippen LogP contribution in [0.5, 0.6) is 0 Å². The van der Waals surface area contributed by atoms with Gasteiger partial charge in [-0.2, -0.15) is 5.10 Å². The van der Waals surface area contributed by atoms with Crippen LogP contribution in [0, 0.1) is 0 Å². The maximum atomic E-state index is 12.0. The first-order valence-corrected chi connectivity index (χ1v) is 7.48. The second-order valence-electron chi connectivity index (χ2n) is 4.36. The number of hydrogen-bond donors (Lipinski definition) is 3. The summed E-state index contributed by atoms with van der Waals surface area (Å²) in [6, 6.07) is 8.12. The summed E-state index contributed by atoms with van der Waals surface area (Å²) in [6.45, 7) is 2.11. The Morgan fingerprint density at radius 3 is 2.86 bits per heavy atom. The van der Waals surface area contributed by atoms with Crippen LogP contribution in [0.25, 0.3) is 0 Å². The molecule has 1 aromatic heterocycles. The minimum absolute atomic E-state index is 0.126. The molecular formula is C14H16N4O2S. The zero-order chi connectivity index (χ0) is 15.2. The van der Waals surface area contributed by atoms with Gasteiger partial charge in [0, 0.05) is 11.0 Å². The molecule has 0 saturated heterocycles. The Labute approximate surface area is 126 Å². The van der Waals surface area contributed by atoms with Crippen molar-refractivity contribution in [2.45, 2.75) is 18.2 Å². The largest absolute Gasteiger partial charge is 0.397 e. The SMILES string of the molecule is CCCSc1ccc(N)c(NC(=O)c2ccc(=O)[nH]n2)c1. The Kier molecular flexibility index (Phi) is 4.99. The molecule has 0 atom stereocenters. The maximum absolute atomic E-state index is 12.0. The summed E-state index contributed by atoms with van der Waals surface area (Å²) >= 11 is 1.70. The third kappa shape index (κ3) is 4.09.